The van der Waals surface area contributed by atoms with Gasteiger partial charge in [-0.15, -0.1) is 0 Å². The summed E-state index contributed by atoms with van der Waals surface area (Å²) in [5, 5.41) is 0.667. The van der Waals surface area contributed by atoms with Crippen molar-refractivity contribution in [1.82, 2.24) is 24.7 Å². The van der Waals surface area contributed by atoms with Gasteiger partial charge in [0.15, 0.2) is 0 Å². The van der Waals surface area contributed by atoms with Gasteiger partial charge in [0.05, 0.1) is 18.9 Å². The van der Waals surface area contributed by atoms with E-state index in [0.29, 0.717) is 30.5 Å². The molecule has 5 rings (SSSR count). The Balaban J connectivity index is 1.32. The smallest absolute Gasteiger partial charge is 0.322 e. The lowest BCUT2D eigenvalue weighted by atomic mass is 10.1. The first-order valence-electron chi connectivity index (χ1n) is 9.85. The largest absolute Gasteiger partial charge is 0.346 e. The molecule has 2 aromatic carbocycles. The van der Waals surface area contributed by atoms with Crippen LogP contribution in [0.2, 0.25) is 5.02 Å². The number of nitrogens with zero attached hydrogens (tertiary/aromatic N) is 4. The standard InChI is InChI=1S/C22H19BrClN5O2/c23-17-4-1-14(2-5-17)19-8-25-21(26-19)20-11-28(12-29(20)13-30)22(31)27-9-15-3-6-18(24)7-16(15)10-27/h1-8,13,20H,9-12H2,(H,25,26). The number of benzene rings is 2. The minimum Gasteiger partial charge on any atom is -0.346 e. The van der Waals surface area contributed by atoms with Crippen LogP contribution in [0.3, 0.4) is 0 Å². The minimum atomic E-state index is -0.315. The molecule has 1 aromatic heterocycles. The number of nitrogens with one attached hydrogen (secondary N) is 1. The van der Waals surface area contributed by atoms with Crippen LogP contribution in [0.1, 0.15) is 23.0 Å². The SMILES string of the molecule is O=CN1CN(C(=O)N2Cc3ccc(Cl)cc3C2)CC1c1nc(-c2ccc(Br)cc2)c[nH]1. The number of hydrogen-bond acceptors (Lipinski definition) is 3. The molecule has 1 unspecified atom stereocenters. The average Bonchev–Trinajstić information content (AvgIpc) is 3.50. The number of carbonyl (C=O) groups is 2. The number of urea groups is 1. The summed E-state index contributed by atoms with van der Waals surface area (Å²) in [6, 6.07) is 13.2. The summed E-state index contributed by atoms with van der Waals surface area (Å²) < 4.78 is 0.996. The number of rotatable bonds is 3. The second kappa shape index (κ2) is 8.01. The maximum Gasteiger partial charge on any atom is 0.322 e. The fourth-order valence-corrected chi connectivity index (χ4v) is 4.59. The zero-order valence-electron chi connectivity index (χ0n) is 16.5. The van der Waals surface area contributed by atoms with Crippen molar-refractivity contribution in [3.05, 3.63) is 75.1 Å². The zero-order valence-corrected chi connectivity index (χ0v) is 18.8. The number of hydrogen-bond donors (Lipinski definition) is 1. The van der Waals surface area contributed by atoms with Gasteiger partial charge in [0, 0.05) is 34.3 Å². The van der Waals surface area contributed by atoms with Crippen molar-refractivity contribution in [3.8, 4) is 11.3 Å². The monoisotopic (exact) mass is 499 g/mol. The maximum atomic E-state index is 13.1. The molecule has 9 heteroatoms. The average molecular weight is 501 g/mol. The highest BCUT2D eigenvalue weighted by atomic mass is 79.9. The Morgan fingerprint density at radius 1 is 1.13 bits per heavy atom. The molecule has 0 spiro atoms. The van der Waals surface area contributed by atoms with E-state index in [1.54, 1.807) is 14.7 Å². The molecular formula is C22H19BrClN5O2. The molecule has 3 aromatic rings. The summed E-state index contributed by atoms with van der Waals surface area (Å²) in [5.41, 5.74) is 3.94. The Morgan fingerprint density at radius 3 is 2.68 bits per heavy atom. The molecule has 0 radical (unpaired) electrons. The van der Waals surface area contributed by atoms with E-state index in [1.807, 2.05) is 48.7 Å². The normalized spacial score (nSPS) is 17.9. The third kappa shape index (κ3) is 3.81. The molecule has 3 heterocycles. The first-order valence-corrected chi connectivity index (χ1v) is 11.0. The molecule has 3 amide bonds. The molecule has 1 N–H and O–H groups in total. The third-order valence-corrected chi connectivity index (χ3v) is 6.51. The lowest BCUT2D eigenvalue weighted by Gasteiger charge is -2.23. The first kappa shape index (κ1) is 20.1. The van der Waals surface area contributed by atoms with Crippen LogP contribution >= 0.6 is 27.5 Å². The van der Waals surface area contributed by atoms with E-state index >= 15 is 0 Å². The van der Waals surface area contributed by atoms with Crippen LogP contribution in [0.15, 0.2) is 53.1 Å². The van der Waals surface area contributed by atoms with Gasteiger partial charge in [0.25, 0.3) is 0 Å². The van der Waals surface area contributed by atoms with E-state index in [4.69, 9.17) is 11.6 Å². The second-order valence-corrected chi connectivity index (χ2v) is 9.08. The van der Waals surface area contributed by atoms with Gasteiger partial charge in [0.1, 0.15) is 11.9 Å². The number of halogens is 2. The molecule has 2 aliphatic heterocycles. The number of imidazole rings is 1. The molecule has 0 aliphatic carbocycles. The Hall–Kier alpha value is -2.84. The van der Waals surface area contributed by atoms with Crippen molar-refractivity contribution >= 4 is 40.0 Å². The van der Waals surface area contributed by atoms with Gasteiger partial charge in [-0.2, -0.15) is 0 Å². The van der Waals surface area contributed by atoms with Crippen molar-refractivity contribution in [1.29, 1.82) is 0 Å². The summed E-state index contributed by atoms with van der Waals surface area (Å²) in [5.74, 6) is 0.664. The van der Waals surface area contributed by atoms with Crippen LogP contribution in [-0.2, 0) is 17.9 Å². The first-order chi connectivity index (χ1) is 15.0. The predicted octanol–water partition coefficient (Wildman–Crippen LogP) is 4.40. The number of aromatic nitrogens is 2. The fraction of sp³-hybridized carbons (Fsp3) is 0.227. The minimum absolute atomic E-state index is 0.0960. The van der Waals surface area contributed by atoms with E-state index in [-0.39, 0.29) is 18.7 Å². The van der Waals surface area contributed by atoms with Crippen molar-refractivity contribution in [2.24, 2.45) is 0 Å². The third-order valence-electron chi connectivity index (χ3n) is 5.75. The van der Waals surface area contributed by atoms with Crippen molar-refractivity contribution in [3.63, 3.8) is 0 Å². The van der Waals surface area contributed by atoms with E-state index in [1.165, 1.54) is 0 Å². The number of aromatic amines is 1. The summed E-state index contributed by atoms with van der Waals surface area (Å²) in [4.78, 5) is 37.8. The Morgan fingerprint density at radius 2 is 1.90 bits per heavy atom. The van der Waals surface area contributed by atoms with Gasteiger partial charge in [0.2, 0.25) is 6.41 Å². The lowest BCUT2D eigenvalue weighted by Crippen LogP contribution is -2.40. The van der Waals surface area contributed by atoms with Gasteiger partial charge < -0.3 is 19.7 Å². The lowest BCUT2D eigenvalue weighted by molar-refractivity contribution is -0.119. The van der Waals surface area contributed by atoms with Crippen LogP contribution in [0.4, 0.5) is 4.79 Å². The van der Waals surface area contributed by atoms with Gasteiger partial charge in [-0.3, -0.25) is 4.79 Å². The van der Waals surface area contributed by atoms with Gasteiger partial charge in [-0.05, 0) is 35.4 Å². The number of fused-ring (bicyclic) bond motifs is 1. The Bertz CT molecular complexity index is 1150. The van der Waals surface area contributed by atoms with Crippen LogP contribution in [0.5, 0.6) is 0 Å². The number of H-pyrrole nitrogens is 1. The van der Waals surface area contributed by atoms with Gasteiger partial charge >= 0.3 is 6.03 Å². The van der Waals surface area contributed by atoms with Crippen LogP contribution < -0.4 is 0 Å². The fourth-order valence-electron chi connectivity index (χ4n) is 4.13. The molecule has 31 heavy (non-hydrogen) atoms. The topological polar surface area (TPSA) is 72.5 Å². The highest BCUT2D eigenvalue weighted by molar-refractivity contribution is 9.10. The predicted molar refractivity (Wildman–Crippen MR) is 120 cm³/mol. The Labute approximate surface area is 192 Å². The quantitative estimate of drug-likeness (QED) is 0.542. The number of amides is 3. The molecule has 2 aliphatic rings. The maximum absolute atomic E-state index is 13.1. The summed E-state index contributed by atoms with van der Waals surface area (Å²) >= 11 is 9.52. The van der Waals surface area contributed by atoms with Crippen LogP contribution in [-0.4, -0.2) is 50.3 Å². The highest BCUT2D eigenvalue weighted by Gasteiger charge is 2.38. The second-order valence-electron chi connectivity index (χ2n) is 7.73. The molecule has 0 saturated carbocycles. The Kier molecular flexibility index (Phi) is 5.19. The zero-order chi connectivity index (χ0) is 21.5. The summed E-state index contributed by atoms with van der Waals surface area (Å²) in [6.45, 7) is 1.68. The van der Waals surface area contributed by atoms with Crippen molar-refractivity contribution in [2.75, 3.05) is 13.2 Å². The van der Waals surface area contributed by atoms with Crippen molar-refractivity contribution < 1.29 is 9.59 Å². The molecule has 7 nitrogen and oxygen atoms in total. The summed E-state index contributed by atoms with van der Waals surface area (Å²) in [7, 11) is 0. The van der Waals surface area contributed by atoms with Gasteiger partial charge in [-0.25, -0.2) is 9.78 Å². The highest BCUT2D eigenvalue weighted by Crippen LogP contribution is 2.31. The summed E-state index contributed by atoms with van der Waals surface area (Å²) in [6.07, 6.45) is 2.60. The van der Waals surface area contributed by atoms with E-state index in [0.717, 1.165) is 33.3 Å². The van der Waals surface area contributed by atoms with E-state index in [2.05, 4.69) is 25.9 Å². The van der Waals surface area contributed by atoms with Crippen LogP contribution in [0, 0.1) is 0 Å². The number of carbonyl (C=O) groups excluding carboxylic acids is 2. The van der Waals surface area contributed by atoms with Crippen LogP contribution in [0.25, 0.3) is 11.3 Å². The molecule has 0 bridgehead atoms. The molecule has 1 fully saturated rings. The van der Waals surface area contributed by atoms with Gasteiger partial charge in [-0.1, -0.05) is 45.7 Å². The molecule has 1 saturated heterocycles. The van der Waals surface area contributed by atoms with E-state index in [9.17, 15) is 9.59 Å². The van der Waals surface area contributed by atoms with Crippen molar-refractivity contribution in [2.45, 2.75) is 19.1 Å². The molecule has 1 atom stereocenters. The molecule has 158 valence electrons. The molecular weight excluding hydrogens is 482 g/mol. The van der Waals surface area contributed by atoms with E-state index < -0.39 is 0 Å².